The van der Waals surface area contributed by atoms with Crippen LogP contribution in [-0.2, 0) is 16.1 Å². The zero-order valence-electron chi connectivity index (χ0n) is 10.6. The van der Waals surface area contributed by atoms with Crippen molar-refractivity contribution in [3.63, 3.8) is 0 Å². The van der Waals surface area contributed by atoms with E-state index in [9.17, 15) is 4.79 Å². The maximum atomic E-state index is 10.8. The van der Waals surface area contributed by atoms with Crippen molar-refractivity contribution in [2.24, 2.45) is 0 Å². The van der Waals surface area contributed by atoms with Crippen LogP contribution in [-0.4, -0.2) is 41.8 Å². The van der Waals surface area contributed by atoms with Gasteiger partial charge in [0, 0.05) is 19.1 Å². The van der Waals surface area contributed by atoms with Crippen LogP contribution < -0.4 is 0 Å². The molecule has 0 bridgehead atoms. The number of hydrogen-bond donors (Lipinski definition) is 1. The highest BCUT2D eigenvalue weighted by Gasteiger charge is 2.25. The molecule has 1 unspecified atom stereocenters. The number of aliphatic carboxylic acids is 1. The van der Waals surface area contributed by atoms with E-state index < -0.39 is 5.97 Å². The molecule has 0 aliphatic carbocycles. The molecule has 0 saturated carbocycles. The molecule has 1 fully saturated rings. The summed E-state index contributed by atoms with van der Waals surface area (Å²) in [5.74, 6) is -0.764. The average Bonchev–Trinajstić information content (AvgIpc) is 2.31. The van der Waals surface area contributed by atoms with Gasteiger partial charge in [-0.25, -0.2) is 0 Å². The van der Waals surface area contributed by atoms with Crippen LogP contribution in [0.15, 0.2) is 24.3 Å². The van der Waals surface area contributed by atoms with Crippen LogP contribution in [0.25, 0.3) is 0 Å². The molecule has 1 aromatic rings. The van der Waals surface area contributed by atoms with Crippen LogP contribution in [0, 0.1) is 6.92 Å². The summed E-state index contributed by atoms with van der Waals surface area (Å²) >= 11 is 0. The van der Waals surface area contributed by atoms with Crippen molar-refractivity contribution in [3.05, 3.63) is 35.4 Å². The van der Waals surface area contributed by atoms with Crippen LogP contribution >= 0.6 is 0 Å². The van der Waals surface area contributed by atoms with Gasteiger partial charge in [-0.1, -0.05) is 29.8 Å². The zero-order chi connectivity index (χ0) is 13.0. The number of hydrogen-bond acceptors (Lipinski definition) is 3. The van der Waals surface area contributed by atoms with Crippen molar-refractivity contribution in [1.82, 2.24) is 4.90 Å². The molecule has 0 amide bonds. The number of aryl methyl sites for hydroxylation is 1. The number of carboxylic acid groups (broad SMARTS) is 1. The minimum absolute atomic E-state index is 0.0169. The molecule has 0 radical (unpaired) electrons. The first-order valence-electron chi connectivity index (χ1n) is 6.24. The highest BCUT2D eigenvalue weighted by molar-refractivity contribution is 5.67. The van der Waals surface area contributed by atoms with Crippen molar-refractivity contribution >= 4 is 5.97 Å². The van der Waals surface area contributed by atoms with Gasteiger partial charge in [-0.3, -0.25) is 9.69 Å². The third-order valence-electron chi connectivity index (χ3n) is 3.23. The number of carboxylic acids is 1. The van der Waals surface area contributed by atoms with E-state index in [4.69, 9.17) is 9.84 Å². The quantitative estimate of drug-likeness (QED) is 0.882. The van der Waals surface area contributed by atoms with Crippen LogP contribution in [0.5, 0.6) is 0 Å². The summed E-state index contributed by atoms with van der Waals surface area (Å²) in [6.07, 6.45) is 0.145. The molecule has 0 aromatic heterocycles. The van der Waals surface area contributed by atoms with Gasteiger partial charge >= 0.3 is 5.97 Å². The maximum Gasteiger partial charge on any atom is 0.305 e. The summed E-state index contributed by atoms with van der Waals surface area (Å²) < 4.78 is 5.37. The van der Waals surface area contributed by atoms with Crippen LogP contribution in [0.1, 0.15) is 17.5 Å². The Balaban J connectivity index is 2.03. The number of morpholine rings is 1. The molecule has 1 N–H and O–H groups in total. The SMILES string of the molecule is Cc1cccc(CN2CCOCC2CC(=O)O)c1. The van der Waals surface area contributed by atoms with E-state index in [1.165, 1.54) is 11.1 Å². The standard InChI is InChI=1S/C14H19NO3/c1-11-3-2-4-12(7-11)9-15-5-6-18-10-13(15)8-14(16)17/h2-4,7,13H,5-6,8-10H2,1H3,(H,16,17). The van der Waals surface area contributed by atoms with Crippen molar-refractivity contribution in [1.29, 1.82) is 0 Å². The Labute approximate surface area is 107 Å². The van der Waals surface area contributed by atoms with E-state index in [1.807, 2.05) is 6.07 Å². The number of benzene rings is 1. The number of rotatable bonds is 4. The molecule has 18 heavy (non-hydrogen) atoms. The zero-order valence-corrected chi connectivity index (χ0v) is 10.6. The summed E-state index contributed by atoms with van der Waals surface area (Å²) in [7, 11) is 0. The van der Waals surface area contributed by atoms with Gasteiger partial charge in [0.2, 0.25) is 0 Å². The van der Waals surface area contributed by atoms with E-state index in [2.05, 4.69) is 30.0 Å². The first-order valence-corrected chi connectivity index (χ1v) is 6.24. The molecule has 98 valence electrons. The third kappa shape index (κ3) is 3.55. The Hall–Kier alpha value is -1.39. The van der Waals surface area contributed by atoms with E-state index in [1.54, 1.807) is 0 Å². The summed E-state index contributed by atoms with van der Waals surface area (Å²) in [6, 6.07) is 8.32. The van der Waals surface area contributed by atoms with E-state index in [-0.39, 0.29) is 12.5 Å². The first kappa shape index (κ1) is 13.1. The van der Waals surface area contributed by atoms with Gasteiger partial charge in [-0.15, -0.1) is 0 Å². The lowest BCUT2D eigenvalue weighted by Gasteiger charge is -2.34. The van der Waals surface area contributed by atoms with Crippen LogP contribution in [0.2, 0.25) is 0 Å². The molecule has 1 aromatic carbocycles. The molecule has 1 saturated heterocycles. The third-order valence-corrected chi connectivity index (χ3v) is 3.23. The number of ether oxygens (including phenoxy) is 1. The number of nitrogens with zero attached hydrogens (tertiary/aromatic N) is 1. The largest absolute Gasteiger partial charge is 0.481 e. The van der Waals surface area contributed by atoms with Crippen molar-refractivity contribution in [2.75, 3.05) is 19.8 Å². The summed E-state index contributed by atoms with van der Waals surface area (Å²) in [5, 5.41) is 8.91. The van der Waals surface area contributed by atoms with Crippen molar-refractivity contribution in [2.45, 2.75) is 25.9 Å². The van der Waals surface area contributed by atoms with Gasteiger partial charge in [0.05, 0.1) is 19.6 Å². The Morgan fingerprint density at radius 1 is 1.56 bits per heavy atom. The van der Waals surface area contributed by atoms with E-state index >= 15 is 0 Å². The smallest absolute Gasteiger partial charge is 0.305 e. The van der Waals surface area contributed by atoms with Gasteiger partial charge in [0.1, 0.15) is 0 Å². The van der Waals surface area contributed by atoms with Gasteiger partial charge in [-0.05, 0) is 12.5 Å². The van der Waals surface area contributed by atoms with Gasteiger partial charge in [-0.2, -0.15) is 0 Å². The second-order valence-electron chi connectivity index (χ2n) is 4.79. The second-order valence-corrected chi connectivity index (χ2v) is 4.79. The van der Waals surface area contributed by atoms with Crippen molar-refractivity contribution in [3.8, 4) is 0 Å². The molecule has 1 aliphatic rings. The maximum absolute atomic E-state index is 10.8. The first-order chi connectivity index (χ1) is 8.65. The van der Waals surface area contributed by atoms with Crippen LogP contribution in [0.3, 0.4) is 0 Å². The fraction of sp³-hybridized carbons (Fsp3) is 0.500. The Morgan fingerprint density at radius 2 is 2.39 bits per heavy atom. The Morgan fingerprint density at radius 3 is 3.11 bits per heavy atom. The summed E-state index contributed by atoms with van der Waals surface area (Å²) in [6.45, 7) is 4.85. The lowest BCUT2D eigenvalue weighted by molar-refractivity contribution is -0.140. The van der Waals surface area contributed by atoms with Gasteiger partial charge in [0.15, 0.2) is 0 Å². The number of carbonyl (C=O) groups is 1. The molecule has 4 heteroatoms. The van der Waals surface area contributed by atoms with Gasteiger partial charge in [0.25, 0.3) is 0 Å². The molecule has 1 heterocycles. The average molecular weight is 249 g/mol. The highest BCUT2D eigenvalue weighted by atomic mass is 16.5. The van der Waals surface area contributed by atoms with Crippen molar-refractivity contribution < 1.29 is 14.6 Å². The minimum Gasteiger partial charge on any atom is -0.481 e. The topological polar surface area (TPSA) is 49.8 Å². The van der Waals surface area contributed by atoms with E-state index in [0.29, 0.717) is 13.2 Å². The lowest BCUT2D eigenvalue weighted by Crippen LogP contribution is -2.45. The van der Waals surface area contributed by atoms with E-state index in [0.717, 1.165) is 13.1 Å². The predicted molar refractivity (Wildman–Crippen MR) is 68.4 cm³/mol. The normalized spacial score (nSPS) is 20.8. The fourth-order valence-corrected chi connectivity index (χ4v) is 2.33. The summed E-state index contributed by atoms with van der Waals surface area (Å²) in [5.41, 5.74) is 2.46. The summed E-state index contributed by atoms with van der Waals surface area (Å²) in [4.78, 5) is 13.0. The predicted octanol–water partition coefficient (Wildman–Crippen LogP) is 1.67. The minimum atomic E-state index is -0.764. The molecular formula is C14H19NO3. The molecule has 1 aliphatic heterocycles. The van der Waals surface area contributed by atoms with Gasteiger partial charge < -0.3 is 9.84 Å². The Bertz CT molecular complexity index is 419. The molecule has 4 nitrogen and oxygen atoms in total. The fourth-order valence-electron chi connectivity index (χ4n) is 2.33. The van der Waals surface area contributed by atoms with Crippen LogP contribution in [0.4, 0.5) is 0 Å². The Kier molecular flexibility index (Phi) is 4.33. The highest BCUT2D eigenvalue weighted by Crippen LogP contribution is 2.15. The molecular weight excluding hydrogens is 230 g/mol. The monoisotopic (exact) mass is 249 g/mol. The lowest BCUT2D eigenvalue weighted by atomic mass is 10.1. The molecule has 2 rings (SSSR count). The second kappa shape index (κ2) is 5.98. The molecule has 1 atom stereocenters. The molecule has 0 spiro atoms.